The quantitative estimate of drug-likeness (QED) is 0.617. The molecule has 0 bridgehead atoms. The predicted molar refractivity (Wildman–Crippen MR) is 125 cm³/mol. The first kappa shape index (κ1) is 21.1. The van der Waals surface area contributed by atoms with Crippen LogP contribution in [0.1, 0.15) is 36.0 Å². The van der Waals surface area contributed by atoms with Crippen molar-refractivity contribution in [3.8, 4) is 5.88 Å². The Hall–Kier alpha value is -3.75. The van der Waals surface area contributed by atoms with E-state index in [1.165, 1.54) is 12.8 Å². The molecule has 3 aromatic rings. The van der Waals surface area contributed by atoms with Gasteiger partial charge in [0.1, 0.15) is 11.9 Å². The number of amides is 1. The molecule has 1 amide bonds. The zero-order chi connectivity index (χ0) is 22.5. The highest BCUT2D eigenvalue weighted by Gasteiger charge is 2.24. The summed E-state index contributed by atoms with van der Waals surface area (Å²) in [5.74, 6) is 2.75. The summed E-state index contributed by atoms with van der Waals surface area (Å²) >= 11 is 0. The van der Waals surface area contributed by atoms with Crippen LogP contribution in [0.4, 0.5) is 17.5 Å². The minimum atomic E-state index is -0.00411. The van der Waals surface area contributed by atoms with Crippen molar-refractivity contribution in [2.75, 3.05) is 36.4 Å². The molecule has 0 unspecified atom stereocenters. The molecule has 9 heteroatoms. The molecule has 9 nitrogen and oxygen atoms in total. The Bertz CT molecular complexity index is 1050. The molecule has 1 aliphatic heterocycles. The maximum Gasteiger partial charge on any atom is 0.255 e. The summed E-state index contributed by atoms with van der Waals surface area (Å²) in [5.41, 5.74) is 0.590. The Morgan fingerprint density at radius 1 is 0.909 bits per heavy atom. The highest BCUT2D eigenvalue weighted by atomic mass is 16.5. The van der Waals surface area contributed by atoms with Gasteiger partial charge in [-0.25, -0.2) is 9.97 Å². The van der Waals surface area contributed by atoms with Crippen molar-refractivity contribution in [2.45, 2.75) is 31.8 Å². The van der Waals surface area contributed by atoms with E-state index in [1.807, 2.05) is 41.3 Å². The number of aromatic nitrogens is 4. The van der Waals surface area contributed by atoms with Gasteiger partial charge in [0, 0.05) is 44.6 Å². The van der Waals surface area contributed by atoms with Crippen molar-refractivity contribution in [2.24, 2.45) is 0 Å². The lowest BCUT2D eigenvalue weighted by molar-refractivity contribution is 0.0746. The van der Waals surface area contributed by atoms with Crippen molar-refractivity contribution in [1.82, 2.24) is 25.1 Å². The Labute approximate surface area is 192 Å². The van der Waals surface area contributed by atoms with Crippen molar-refractivity contribution >= 4 is 23.4 Å². The van der Waals surface area contributed by atoms with E-state index in [1.54, 1.807) is 18.5 Å². The second-order valence-electron chi connectivity index (χ2n) is 8.31. The molecule has 1 saturated carbocycles. The van der Waals surface area contributed by atoms with Gasteiger partial charge < -0.3 is 19.9 Å². The van der Waals surface area contributed by atoms with Crippen LogP contribution < -0.4 is 15.0 Å². The van der Waals surface area contributed by atoms with Crippen molar-refractivity contribution < 1.29 is 9.53 Å². The van der Waals surface area contributed by atoms with Gasteiger partial charge in [0.05, 0.1) is 5.56 Å². The molecule has 33 heavy (non-hydrogen) atoms. The SMILES string of the molecule is O=C(c1ccc(OC2CCCC2)nc1)N1CCN(c2ccc(Nc3ccccn3)nn2)CC1. The second-order valence-corrected chi connectivity index (χ2v) is 8.31. The molecule has 2 aliphatic rings. The number of nitrogens with one attached hydrogen (secondary N) is 1. The normalized spacial score (nSPS) is 16.6. The molecule has 1 N–H and O–H groups in total. The van der Waals surface area contributed by atoms with Crippen LogP contribution >= 0.6 is 0 Å². The molecule has 5 rings (SSSR count). The molecule has 3 aromatic heterocycles. The van der Waals surface area contributed by atoms with Crippen LogP contribution in [0.3, 0.4) is 0 Å². The summed E-state index contributed by atoms with van der Waals surface area (Å²) in [6.45, 7) is 2.64. The van der Waals surface area contributed by atoms with E-state index in [4.69, 9.17) is 4.74 Å². The molecule has 0 atom stereocenters. The third-order valence-electron chi connectivity index (χ3n) is 6.04. The first-order valence-corrected chi connectivity index (χ1v) is 11.4. The van der Waals surface area contributed by atoms with Gasteiger partial charge >= 0.3 is 0 Å². The highest BCUT2D eigenvalue weighted by molar-refractivity contribution is 5.94. The van der Waals surface area contributed by atoms with Crippen LogP contribution in [0, 0.1) is 0 Å². The number of carbonyl (C=O) groups is 1. The van der Waals surface area contributed by atoms with E-state index in [0.717, 1.165) is 24.5 Å². The maximum absolute atomic E-state index is 12.9. The van der Waals surface area contributed by atoms with Crippen LogP contribution in [0.25, 0.3) is 0 Å². The third kappa shape index (κ3) is 5.19. The van der Waals surface area contributed by atoms with Crippen molar-refractivity contribution in [1.29, 1.82) is 0 Å². The van der Waals surface area contributed by atoms with Crippen LogP contribution in [0.2, 0.25) is 0 Å². The number of carbonyl (C=O) groups excluding carboxylic acids is 1. The second kappa shape index (κ2) is 9.81. The number of piperazine rings is 1. The zero-order valence-electron chi connectivity index (χ0n) is 18.4. The molecular weight excluding hydrogens is 418 g/mol. The minimum absolute atomic E-state index is 0.00411. The standard InChI is InChI=1S/C24H27N7O2/c32-24(18-8-11-23(26-17-18)33-19-5-1-2-6-19)31-15-13-30(14-16-31)22-10-9-21(28-29-22)27-20-7-3-4-12-25-20/h3-4,7-12,17,19H,1-2,5-6,13-16H2,(H,25,27,28). The van der Waals surface area contributed by atoms with E-state index in [9.17, 15) is 4.79 Å². The van der Waals surface area contributed by atoms with Gasteiger partial charge in [-0.05, 0) is 56.0 Å². The summed E-state index contributed by atoms with van der Waals surface area (Å²) in [5, 5.41) is 11.7. The molecule has 170 valence electrons. The molecule has 2 fully saturated rings. The lowest BCUT2D eigenvalue weighted by Gasteiger charge is -2.35. The number of anilines is 3. The summed E-state index contributed by atoms with van der Waals surface area (Å²) in [7, 11) is 0. The van der Waals surface area contributed by atoms with Gasteiger partial charge in [-0.1, -0.05) is 6.07 Å². The summed E-state index contributed by atoms with van der Waals surface area (Å²) < 4.78 is 5.90. The van der Waals surface area contributed by atoms with E-state index in [-0.39, 0.29) is 12.0 Å². The van der Waals surface area contributed by atoms with E-state index < -0.39 is 0 Å². The number of nitrogens with zero attached hydrogens (tertiary/aromatic N) is 6. The van der Waals surface area contributed by atoms with Gasteiger partial charge in [-0.15, -0.1) is 10.2 Å². The Morgan fingerprint density at radius 2 is 1.76 bits per heavy atom. The molecule has 0 radical (unpaired) electrons. The molecular formula is C24H27N7O2. The van der Waals surface area contributed by atoms with Gasteiger partial charge in [0.15, 0.2) is 11.6 Å². The molecule has 1 saturated heterocycles. The van der Waals surface area contributed by atoms with E-state index >= 15 is 0 Å². The maximum atomic E-state index is 12.9. The number of ether oxygens (including phenoxy) is 1. The molecule has 4 heterocycles. The average Bonchev–Trinajstić information content (AvgIpc) is 3.38. The van der Waals surface area contributed by atoms with Crippen molar-refractivity contribution in [3.63, 3.8) is 0 Å². The van der Waals surface area contributed by atoms with Gasteiger partial charge in [0.25, 0.3) is 5.91 Å². The third-order valence-corrected chi connectivity index (χ3v) is 6.04. The highest BCUT2D eigenvalue weighted by Crippen LogP contribution is 2.23. The fraction of sp³-hybridized carbons (Fsp3) is 0.375. The lowest BCUT2D eigenvalue weighted by Crippen LogP contribution is -2.49. The van der Waals surface area contributed by atoms with Gasteiger partial charge in [-0.3, -0.25) is 4.79 Å². The Balaban J connectivity index is 1.13. The first-order valence-electron chi connectivity index (χ1n) is 11.4. The molecule has 0 spiro atoms. The Kier molecular flexibility index (Phi) is 6.27. The van der Waals surface area contributed by atoms with Crippen LogP contribution in [0.15, 0.2) is 54.9 Å². The minimum Gasteiger partial charge on any atom is -0.474 e. The Morgan fingerprint density at radius 3 is 2.42 bits per heavy atom. The lowest BCUT2D eigenvalue weighted by atomic mass is 10.2. The number of rotatable bonds is 6. The van der Waals surface area contributed by atoms with Crippen LogP contribution in [0.5, 0.6) is 5.88 Å². The first-order chi connectivity index (χ1) is 16.2. The average molecular weight is 446 g/mol. The smallest absolute Gasteiger partial charge is 0.255 e. The van der Waals surface area contributed by atoms with E-state index in [2.05, 4.69) is 30.4 Å². The monoisotopic (exact) mass is 445 g/mol. The number of hydrogen-bond donors (Lipinski definition) is 1. The largest absolute Gasteiger partial charge is 0.474 e. The van der Waals surface area contributed by atoms with Crippen molar-refractivity contribution in [3.05, 3.63) is 60.4 Å². The summed E-state index contributed by atoms with van der Waals surface area (Å²) in [4.78, 5) is 25.5. The van der Waals surface area contributed by atoms with Gasteiger partial charge in [-0.2, -0.15) is 0 Å². The molecule has 1 aliphatic carbocycles. The summed E-state index contributed by atoms with van der Waals surface area (Å²) in [6.07, 6.45) is 8.20. The summed E-state index contributed by atoms with van der Waals surface area (Å²) in [6, 6.07) is 13.1. The zero-order valence-corrected chi connectivity index (χ0v) is 18.4. The van der Waals surface area contributed by atoms with Gasteiger partial charge in [0.2, 0.25) is 5.88 Å². The molecule has 0 aromatic carbocycles. The number of hydrogen-bond acceptors (Lipinski definition) is 8. The van der Waals surface area contributed by atoms with E-state index in [0.29, 0.717) is 43.4 Å². The van der Waals surface area contributed by atoms with Crippen LogP contribution in [-0.2, 0) is 0 Å². The fourth-order valence-electron chi connectivity index (χ4n) is 4.20. The fourth-order valence-corrected chi connectivity index (χ4v) is 4.20. The number of pyridine rings is 2. The van der Waals surface area contributed by atoms with Crippen LogP contribution in [-0.4, -0.2) is 63.3 Å². The predicted octanol–water partition coefficient (Wildman–Crippen LogP) is 3.29. The topological polar surface area (TPSA) is 96.4 Å².